The van der Waals surface area contributed by atoms with E-state index in [-0.39, 0.29) is 11.7 Å². The molecule has 0 spiro atoms. The molecule has 0 aromatic heterocycles. The van der Waals surface area contributed by atoms with Crippen LogP contribution in [-0.2, 0) is 16.0 Å². The van der Waals surface area contributed by atoms with Gasteiger partial charge in [0.15, 0.2) is 5.78 Å². The van der Waals surface area contributed by atoms with Crippen LogP contribution in [0.25, 0.3) is 0 Å². The zero-order chi connectivity index (χ0) is 12.6. The Balaban J connectivity index is 2.40. The van der Waals surface area contributed by atoms with Crippen LogP contribution in [0.1, 0.15) is 25.8 Å². The van der Waals surface area contributed by atoms with Gasteiger partial charge in [0.2, 0.25) is 5.91 Å². The lowest BCUT2D eigenvalue weighted by Crippen LogP contribution is -2.41. The largest absolute Gasteiger partial charge is 0.302 e. The van der Waals surface area contributed by atoms with E-state index in [1.807, 2.05) is 6.07 Å². The fourth-order valence-corrected chi connectivity index (χ4v) is 2.32. The van der Waals surface area contributed by atoms with Crippen LogP contribution < -0.4 is 4.90 Å². The Morgan fingerprint density at radius 3 is 2.88 bits per heavy atom. The number of hydrogen-bond donors (Lipinski definition) is 0. The number of hydrogen-bond acceptors (Lipinski definition) is 2. The molecule has 0 N–H and O–H groups in total. The Hall–Kier alpha value is -1.35. The molecule has 4 heteroatoms. The molecule has 1 atom stereocenters. The van der Waals surface area contributed by atoms with Gasteiger partial charge in [-0.25, -0.2) is 0 Å². The number of anilines is 1. The summed E-state index contributed by atoms with van der Waals surface area (Å²) >= 11 is 5.93. The van der Waals surface area contributed by atoms with Crippen LogP contribution >= 0.6 is 11.6 Å². The lowest BCUT2D eigenvalue weighted by atomic mass is 10.1. The Morgan fingerprint density at radius 2 is 2.24 bits per heavy atom. The number of Topliss-reactive ketones (excluding diaryl/α,β-unsaturated/α-hetero) is 1. The monoisotopic (exact) mass is 251 g/mol. The molecule has 1 aliphatic rings. The number of fused-ring (bicyclic) bond motifs is 1. The molecule has 1 aromatic carbocycles. The molecule has 0 radical (unpaired) electrons. The molecule has 0 fully saturated rings. The highest BCUT2D eigenvalue weighted by atomic mass is 35.5. The summed E-state index contributed by atoms with van der Waals surface area (Å²) in [5, 5.41) is 0.583. The van der Waals surface area contributed by atoms with Gasteiger partial charge in [-0.2, -0.15) is 0 Å². The van der Waals surface area contributed by atoms with Gasteiger partial charge in [0.05, 0.1) is 12.5 Å². The van der Waals surface area contributed by atoms with Gasteiger partial charge < -0.3 is 4.90 Å². The van der Waals surface area contributed by atoms with Crippen molar-refractivity contribution in [3.05, 3.63) is 28.8 Å². The number of carbonyl (C=O) groups excluding carboxylic acids is 2. The predicted octanol–water partition coefficient (Wildman–Crippen LogP) is 2.60. The van der Waals surface area contributed by atoms with Crippen LogP contribution in [0.5, 0.6) is 0 Å². The highest BCUT2D eigenvalue weighted by molar-refractivity contribution is 6.31. The molecule has 0 aliphatic carbocycles. The highest BCUT2D eigenvalue weighted by Crippen LogP contribution is 2.33. The number of amides is 1. The van der Waals surface area contributed by atoms with Crippen LogP contribution in [0.4, 0.5) is 5.69 Å². The van der Waals surface area contributed by atoms with Crippen LogP contribution in [0.3, 0.4) is 0 Å². The van der Waals surface area contributed by atoms with Crippen molar-refractivity contribution >= 4 is 29.0 Å². The van der Waals surface area contributed by atoms with E-state index in [0.717, 1.165) is 11.3 Å². The maximum atomic E-state index is 11.9. The molecule has 17 heavy (non-hydrogen) atoms. The Bertz CT molecular complexity index is 484. The Morgan fingerprint density at radius 1 is 1.53 bits per heavy atom. The van der Waals surface area contributed by atoms with E-state index in [0.29, 0.717) is 17.9 Å². The Labute approximate surface area is 105 Å². The lowest BCUT2D eigenvalue weighted by molar-refractivity contribution is -0.124. The fourth-order valence-electron chi connectivity index (χ4n) is 2.16. The van der Waals surface area contributed by atoms with Crippen molar-refractivity contribution in [2.45, 2.75) is 32.7 Å². The zero-order valence-electron chi connectivity index (χ0n) is 9.87. The molecule has 0 saturated carbocycles. The molecule has 1 unspecified atom stereocenters. The van der Waals surface area contributed by atoms with E-state index < -0.39 is 6.04 Å². The summed E-state index contributed by atoms with van der Waals surface area (Å²) in [7, 11) is 0. The fraction of sp³-hybridized carbons (Fsp3) is 0.385. The predicted molar refractivity (Wildman–Crippen MR) is 67.4 cm³/mol. The molecule has 1 aromatic rings. The van der Waals surface area contributed by atoms with Crippen molar-refractivity contribution in [1.29, 1.82) is 0 Å². The number of rotatable bonds is 3. The van der Waals surface area contributed by atoms with Crippen molar-refractivity contribution in [3.8, 4) is 0 Å². The quantitative estimate of drug-likeness (QED) is 0.828. The molecule has 1 amide bonds. The van der Waals surface area contributed by atoms with Gasteiger partial charge in [-0.15, -0.1) is 0 Å². The molecular weight excluding hydrogens is 238 g/mol. The second-order valence-corrected chi connectivity index (χ2v) is 4.65. The highest BCUT2D eigenvalue weighted by Gasteiger charge is 2.33. The van der Waals surface area contributed by atoms with Crippen molar-refractivity contribution in [1.82, 2.24) is 0 Å². The molecule has 1 aliphatic heterocycles. The van der Waals surface area contributed by atoms with Crippen molar-refractivity contribution in [3.63, 3.8) is 0 Å². The summed E-state index contributed by atoms with van der Waals surface area (Å²) in [5.74, 6) is 0.0303. The third-order valence-corrected chi connectivity index (χ3v) is 3.35. The van der Waals surface area contributed by atoms with Gasteiger partial charge in [-0.3, -0.25) is 9.59 Å². The van der Waals surface area contributed by atoms with Gasteiger partial charge in [0.1, 0.15) is 0 Å². The summed E-state index contributed by atoms with van der Waals surface area (Å²) < 4.78 is 0. The van der Waals surface area contributed by atoms with Crippen molar-refractivity contribution in [2.24, 2.45) is 0 Å². The van der Waals surface area contributed by atoms with Crippen LogP contribution in [-0.4, -0.2) is 17.7 Å². The summed E-state index contributed by atoms with van der Waals surface area (Å²) in [4.78, 5) is 25.2. The third-order valence-electron chi connectivity index (χ3n) is 3.12. The minimum absolute atomic E-state index is 0.0310. The van der Waals surface area contributed by atoms with E-state index in [1.165, 1.54) is 0 Å². The number of ketones is 1. The first-order valence-corrected chi connectivity index (χ1v) is 6.05. The first-order valence-electron chi connectivity index (χ1n) is 5.67. The molecule has 3 nitrogen and oxygen atoms in total. The normalized spacial score (nSPS) is 15.9. The van der Waals surface area contributed by atoms with E-state index in [4.69, 9.17) is 11.6 Å². The van der Waals surface area contributed by atoms with Gasteiger partial charge in [0, 0.05) is 17.1 Å². The van der Waals surface area contributed by atoms with E-state index in [1.54, 1.807) is 30.9 Å². The zero-order valence-corrected chi connectivity index (χ0v) is 10.6. The molecular formula is C13H14ClNO2. The molecule has 0 bridgehead atoms. The topological polar surface area (TPSA) is 37.4 Å². The summed E-state index contributed by atoms with van der Waals surface area (Å²) in [6.07, 6.45) is 0.786. The van der Waals surface area contributed by atoms with Gasteiger partial charge in [0.25, 0.3) is 0 Å². The molecule has 0 saturated heterocycles. The number of nitrogens with zero attached hydrogens (tertiary/aromatic N) is 1. The third kappa shape index (κ3) is 2.07. The van der Waals surface area contributed by atoms with Gasteiger partial charge in [-0.1, -0.05) is 24.6 Å². The smallest absolute Gasteiger partial charge is 0.232 e. The number of halogens is 1. The van der Waals surface area contributed by atoms with E-state index in [2.05, 4.69) is 0 Å². The van der Waals surface area contributed by atoms with E-state index in [9.17, 15) is 9.59 Å². The van der Waals surface area contributed by atoms with Crippen molar-refractivity contribution < 1.29 is 9.59 Å². The summed E-state index contributed by atoms with van der Waals surface area (Å²) in [6.45, 7) is 3.57. The number of carbonyl (C=O) groups is 2. The first-order chi connectivity index (χ1) is 8.04. The Kier molecular flexibility index (Phi) is 3.20. The average Bonchev–Trinajstić information content (AvgIpc) is 2.62. The second kappa shape index (κ2) is 4.49. The second-order valence-electron chi connectivity index (χ2n) is 4.21. The van der Waals surface area contributed by atoms with E-state index >= 15 is 0 Å². The number of benzene rings is 1. The molecule has 1 heterocycles. The van der Waals surface area contributed by atoms with Crippen LogP contribution in [0, 0.1) is 0 Å². The summed E-state index contributed by atoms with van der Waals surface area (Å²) in [6, 6.07) is 4.95. The maximum absolute atomic E-state index is 11.9. The van der Waals surface area contributed by atoms with Crippen molar-refractivity contribution in [2.75, 3.05) is 4.90 Å². The molecule has 90 valence electrons. The summed E-state index contributed by atoms with van der Waals surface area (Å²) in [5.41, 5.74) is 1.71. The van der Waals surface area contributed by atoms with Crippen LogP contribution in [0.2, 0.25) is 5.02 Å². The van der Waals surface area contributed by atoms with Crippen LogP contribution in [0.15, 0.2) is 18.2 Å². The lowest BCUT2D eigenvalue weighted by Gasteiger charge is -2.24. The first kappa shape index (κ1) is 12.1. The molecule has 2 rings (SSSR count). The van der Waals surface area contributed by atoms with Gasteiger partial charge in [-0.05, 0) is 24.6 Å². The van der Waals surface area contributed by atoms with Gasteiger partial charge >= 0.3 is 0 Å². The standard InChI is InChI=1S/C13H14ClNO2/c1-3-12(16)8(2)15-11-7-10(14)5-4-9(11)6-13(15)17/h4-5,7-8H,3,6H2,1-2H3. The average molecular weight is 252 g/mol. The SMILES string of the molecule is CCC(=O)C(C)N1C(=O)Cc2ccc(Cl)cc21. The minimum Gasteiger partial charge on any atom is -0.302 e. The maximum Gasteiger partial charge on any atom is 0.232 e. The minimum atomic E-state index is -0.410.